The third-order valence-electron chi connectivity index (χ3n) is 5.30. The zero-order valence-corrected chi connectivity index (χ0v) is 18.2. The molecule has 0 saturated heterocycles. The van der Waals surface area contributed by atoms with Gasteiger partial charge in [0.15, 0.2) is 17.4 Å². The highest BCUT2D eigenvalue weighted by atomic mass is 19.4. The third-order valence-corrected chi connectivity index (χ3v) is 5.30. The maximum absolute atomic E-state index is 15.0. The minimum atomic E-state index is -4.94. The van der Waals surface area contributed by atoms with Crippen molar-refractivity contribution in [3.05, 3.63) is 58.8 Å². The number of hydrogen-bond acceptors (Lipinski definition) is 4. The van der Waals surface area contributed by atoms with E-state index in [-0.39, 0.29) is 34.7 Å². The average Bonchev–Trinajstić information content (AvgIpc) is 3.00. The normalized spacial score (nSPS) is 12.9. The minimum Gasteiger partial charge on any atom is -0.503 e. The largest absolute Gasteiger partial charge is 0.573 e. The van der Waals surface area contributed by atoms with Crippen LogP contribution in [0.25, 0.3) is 10.9 Å². The quantitative estimate of drug-likeness (QED) is 0.435. The lowest BCUT2D eigenvalue weighted by Crippen LogP contribution is -2.18. The Morgan fingerprint density at radius 2 is 1.71 bits per heavy atom. The van der Waals surface area contributed by atoms with Crippen molar-refractivity contribution >= 4 is 22.8 Å². The molecule has 0 spiro atoms. The number of aromatic hydroxyl groups is 1. The summed E-state index contributed by atoms with van der Waals surface area (Å²) in [5.41, 5.74) is -0.580. The minimum absolute atomic E-state index is 0.00688. The van der Waals surface area contributed by atoms with Crippen molar-refractivity contribution in [3.63, 3.8) is 0 Å². The van der Waals surface area contributed by atoms with Crippen molar-refractivity contribution in [2.75, 3.05) is 0 Å². The lowest BCUT2D eigenvalue weighted by atomic mass is 9.88. The molecule has 0 saturated carbocycles. The molecule has 3 aromatic rings. The first-order chi connectivity index (χ1) is 15.7. The molecule has 11 heteroatoms. The maximum Gasteiger partial charge on any atom is 0.573 e. The van der Waals surface area contributed by atoms with Crippen LogP contribution < -0.4 is 4.74 Å². The summed E-state index contributed by atoms with van der Waals surface area (Å²) in [6.07, 6.45) is -4.88. The summed E-state index contributed by atoms with van der Waals surface area (Å²) in [6.45, 7) is 4.83. The van der Waals surface area contributed by atoms with Crippen molar-refractivity contribution in [3.8, 4) is 11.5 Å². The number of aliphatic carboxylic acids is 1. The van der Waals surface area contributed by atoms with E-state index < -0.39 is 52.7 Å². The molecule has 0 amide bonds. The van der Waals surface area contributed by atoms with Gasteiger partial charge in [-0.2, -0.15) is 0 Å². The average molecular weight is 485 g/mol. The number of carboxylic acids is 1. The second kappa shape index (κ2) is 8.96. The fourth-order valence-electron chi connectivity index (χ4n) is 3.94. The number of nitrogens with zero attached hydrogens (tertiary/aromatic N) is 1. The van der Waals surface area contributed by atoms with Crippen LogP contribution in [0.1, 0.15) is 47.8 Å². The fourth-order valence-corrected chi connectivity index (χ4v) is 3.94. The van der Waals surface area contributed by atoms with E-state index in [0.717, 1.165) is 28.8 Å². The Kier molecular flexibility index (Phi) is 6.59. The number of ether oxygens (including phenoxy) is 1. The van der Waals surface area contributed by atoms with Crippen LogP contribution in [0.3, 0.4) is 0 Å². The van der Waals surface area contributed by atoms with Crippen LogP contribution in [0, 0.1) is 24.5 Å². The number of rotatable bonds is 6. The van der Waals surface area contributed by atoms with Gasteiger partial charge in [-0.15, -0.1) is 13.2 Å². The van der Waals surface area contributed by atoms with Crippen molar-refractivity contribution in [2.24, 2.45) is 5.92 Å². The number of alkyl halides is 3. The van der Waals surface area contributed by atoms with Gasteiger partial charge in [0.05, 0.1) is 11.4 Å². The highest BCUT2D eigenvalue weighted by Gasteiger charge is 2.34. The van der Waals surface area contributed by atoms with Gasteiger partial charge < -0.3 is 14.9 Å². The molecular weight excluding hydrogens is 465 g/mol. The molecule has 3 rings (SSSR count). The number of phenols is 1. The molecule has 2 N–H and O–H groups in total. The van der Waals surface area contributed by atoms with Gasteiger partial charge in [-0.05, 0) is 49.1 Å². The van der Waals surface area contributed by atoms with E-state index in [1.165, 1.54) is 6.92 Å². The number of fused-ring (bicyclic) bond motifs is 1. The molecule has 0 aliphatic heterocycles. The molecule has 1 atom stereocenters. The number of benzene rings is 2. The SMILES string of the molecule is Cc1c([C@H](CC(C)C)C(=O)O)c2c(F)c(O)c(F)cc2n1C(=O)c1ccc(OC(F)(F)F)cc1. The Hall–Kier alpha value is -3.63. The number of carbonyl (C=O) groups is 2. The standard InChI is InChI=1S/C23H20F5NO5/c1-10(2)8-14(22(32)33)17-11(3)29(16-9-15(24)20(30)19(25)18(16)17)21(31)12-4-6-13(7-5-12)34-23(26,27)28/h4-7,9-10,14,30H,8H2,1-3H3,(H,32,33)/t14-/m0/s1. The van der Waals surface area contributed by atoms with Gasteiger partial charge in [-0.1, -0.05) is 13.8 Å². The van der Waals surface area contributed by atoms with E-state index in [4.69, 9.17) is 0 Å². The third kappa shape index (κ3) is 4.68. The molecule has 0 aliphatic rings. The number of phenolic OH excluding ortho intramolecular Hbond substituents is 1. The van der Waals surface area contributed by atoms with E-state index in [1.54, 1.807) is 13.8 Å². The molecule has 0 unspecified atom stereocenters. The van der Waals surface area contributed by atoms with Gasteiger partial charge >= 0.3 is 12.3 Å². The van der Waals surface area contributed by atoms with E-state index in [1.807, 2.05) is 0 Å². The summed E-state index contributed by atoms with van der Waals surface area (Å²) in [4.78, 5) is 25.3. The van der Waals surface area contributed by atoms with Crippen LogP contribution in [0.4, 0.5) is 22.0 Å². The summed E-state index contributed by atoms with van der Waals surface area (Å²) in [5, 5.41) is 19.2. The second-order valence-corrected chi connectivity index (χ2v) is 8.15. The molecule has 0 bridgehead atoms. The van der Waals surface area contributed by atoms with Gasteiger partial charge in [0.25, 0.3) is 5.91 Å². The Labute approximate surface area is 190 Å². The number of halogens is 5. The van der Waals surface area contributed by atoms with Gasteiger partial charge in [-0.25, -0.2) is 8.78 Å². The summed E-state index contributed by atoms with van der Waals surface area (Å²) in [7, 11) is 0. The van der Waals surface area contributed by atoms with E-state index in [0.29, 0.717) is 6.07 Å². The molecule has 34 heavy (non-hydrogen) atoms. The molecule has 1 aromatic heterocycles. The van der Waals surface area contributed by atoms with Crippen molar-refractivity contribution in [1.82, 2.24) is 4.57 Å². The van der Waals surface area contributed by atoms with Gasteiger partial charge in [0.2, 0.25) is 0 Å². The Morgan fingerprint density at radius 1 is 1.12 bits per heavy atom. The van der Waals surface area contributed by atoms with Crippen LogP contribution in [-0.4, -0.2) is 33.0 Å². The maximum atomic E-state index is 15.0. The molecule has 0 aliphatic carbocycles. The number of carboxylic acid groups (broad SMARTS) is 1. The smallest absolute Gasteiger partial charge is 0.503 e. The molecule has 1 heterocycles. The number of hydrogen-bond donors (Lipinski definition) is 2. The lowest BCUT2D eigenvalue weighted by Gasteiger charge is -2.16. The summed E-state index contributed by atoms with van der Waals surface area (Å²) < 4.78 is 71.1. The molecule has 2 aromatic carbocycles. The molecule has 182 valence electrons. The topological polar surface area (TPSA) is 88.8 Å². The highest BCUT2D eigenvalue weighted by Crippen LogP contribution is 2.40. The first kappa shape index (κ1) is 25.0. The first-order valence-corrected chi connectivity index (χ1v) is 10.1. The van der Waals surface area contributed by atoms with E-state index in [2.05, 4.69) is 4.74 Å². The summed E-state index contributed by atoms with van der Waals surface area (Å²) >= 11 is 0. The Bertz CT molecular complexity index is 1260. The van der Waals surface area contributed by atoms with E-state index >= 15 is 4.39 Å². The number of carbonyl (C=O) groups excluding carboxylic acids is 1. The lowest BCUT2D eigenvalue weighted by molar-refractivity contribution is -0.274. The summed E-state index contributed by atoms with van der Waals surface area (Å²) in [6, 6.07) is 4.56. The number of aromatic nitrogens is 1. The molecule has 0 radical (unpaired) electrons. The predicted octanol–water partition coefficient (Wildman–Crippen LogP) is 5.73. The van der Waals surface area contributed by atoms with Crippen LogP contribution in [-0.2, 0) is 4.79 Å². The van der Waals surface area contributed by atoms with Crippen molar-refractivity contribution in [2.45, 2.75) is 39.5 Å². The second-order valence-electron chi connectivity index (χ2n) is 8.15. The van der Waals surface area contributed by atoms with Crippen LogP contribution in [0.5, 0.6) is 11.5 Å². The zero-order valence-electron chi connectivity index (χ0n) is 18.2. The van der Waals surface area contributed by atoms with Crippen molar-refractivity contribution < 1.29 is 46.5 Å². The van der Waals surface area contributed by atoms with Gasteiger partial charge in [0, 0.05) is 22.7 Å². The monoisotopic (exact) mass is 485 g/mol. The molecular formula is C23H20F5NO5. The Morgan fingerprint density at radius 3 is 2.21 bits per heavy atom. The fraction of sp³-hybridized carbons (Fsp3) is 0.304. The molecule has 0 fully saturated rings. The first-order valence-electron chi connectivity index (χ1n) is 10.1. The Balaban J connectivity index is 2.24. The highest BCUT2D eigenvalue weighted by molar-refractivity contribution is 6.05. The van der Waals surface area contributed by atoms with Crippen LogP contribution in [0.2, 0.25) is 0 Å². The summed E-state index contributed by atoms with van der Waals surface area (Å²) in [5.74, 6) is -8.28. The van der Waals surface area contributed by atoms with E-state index in [9.17, 15) is 37.4 Å². The van der Waals surface area contributed by atoms with Crippen LogP contribution in [0.15, 0.2) is 30.3 Å². The van der Waals surface area contributed by atoms with Crippen LogP contribution >= 0.6 is 0 Å². The van der Waals surface area contributed by atoms with Crippen molar-refractivity contribution in [1.29, 1.82) is 0 Å². The van der Waals surface area contributed by atoms with Gasteiger partial charge in [-0.3, -0.25) is 14.2 Å². The molecule has 6 nitrogen and oxygen atoms in total. The van der Waals surface area contributed by atoms with Gasteiger partial charge in [0.1, 0.15) is 5.75 Å². The predicted molar refractivity (Wildman–Crippen MR) is 111 cm³/mol. The zero-order chi connectivity index (χ0) is 25.5.